The fraction of sp³-hybridized carbons (Fsp3) is 0.926. The Kier molecular flexibility index (Phi) is 5.80. The van der Waals surface area contributed by atoms with E-state index < -0.39 is 0 Å². The Morgan fingerprint density at radius 1 is 1.00 bits per heavy atom. The lowest BCUT2D eigenvalue weighted by Crippen LogP contribution is -2.50. The van der Waals surface area contributed by atoms with Crippen molar-refractivity contribution in [2.45, 2.75) is 111 Å². The minimum absolute atomic E-state index is 0.102. The molecule has 0 bridgehead atoms. The highest BCUT2D eigenvalue weighted by Crippen LogP contribution is 2.67. The van der Waals surface area contributed by atoms with Crippen molar-refractivity contribution in [1.29, 1.82) is 0 Å². The Morgan fingerprint density at radius 2 is 1.79 bits per heavy atom. The van der Waals surface area contributed by atoms with Crippen LogP contribution < -0.4 is 0 Å². The summed E-state index contributed by atoms with van der Waals surface area (Å²) in [6.45, 7) is 12.2. The zero-order valence-electron chi connectivity index (χ0n) is 19.3. The van der Waals surface area contributed by atoms with Gasteiger partial charge >= 0.3 is 0 Å². The average molecular weight is 387 g/mol. The van der Waals surface area contributed by atoms with Crippen LogP contribution in [0.4, 0.5) is 0 Å². The minimum atomic E-state index is -0.102. The van der Waals surface area contributed by atoms with E-state index in [0.717, 1.165) is 36.5 Å². The zero-order valence-corrected chi connectivity index (χ0v) is 19.3. The van der Waals surface area contributed by atoms with Crippen LogP contribution in [-0.4, -0.2) is 11.2 Å². The predicted octanol–water partition coefficient (Wildman–Crippen LogP) is 7.39. The van der Waals surface area contributed by atoms with Crippen LogP contribution in [0.5, 0.6) is 0 Å². The van der Waals surface area contributed by atoms with Crippen LogP contribution in [0.2, 0.25) is 0 Å². The molecule has 28 heavy (non-hydrogen) atoms. The fourth-order valence-electron chi connectivity index (χ4n) is 8.64. The van der Waals surface area contributed by atoms with Gasteiger partial charge in [-0.3, -0.25) is 0 Å². The standard InChI is InChI=1S/C27H46O/c1-18(2)9-14-25(28)19(3)22-12-13-23-21-11-10-20-8-6-7-16-26(20,4)24(21)15-17-27(22,23)5/h10,18-19,21-25,28H,6-9,11-17H2,1-5H3/t19-,21-,22+,23-,24-,25-,26-,27+/m0/s1. The first-order valence-electron chi connectivity index (χ1n) is 12.6. The molecule has 0 amide bonds. The summed E-state index contributed by atoms with van der Waals surface area (Å²) in [5.74, 6) is 4.63. The van der Waals surface area contributed by atoms with E-state index in [1.807, 2.05) is 5.57 Å². The summed E-state index contributed by atoms with van der Waals surface area (Å²) in [6, 6.07) is 0. The molecule has 0 aromatic rings. The summed E-state index contributed by atoms with van der Waals surface area (Å²) in [7, 11) is 0. The van der Waals surface area contributed by atoms with E-state index >= 15 is 0 Å². The van der Waals surface area contributed by atoms with Gasteiger partial charge in [0.25, 0.3) is 0 Å². The summed E-state index contributed by atoms with van der Waals surface area (Å²) in [5.41, 5.74) is 2.81. The first kappa shape index (κ1) is 21.0. The van der Waals surface area contributed by atoms with Gasteiger partial charge in [-0.15, -0.1) is 0 Å². The van der Waals surface area contributed by atoms with Crippen LogP contribution in [0.3, 0.4) is 0 Å². The van der Waals surface area contributed by atoms with Crippen molar-refractivity contribution < 1.29 is 5.11 Å². The van der Waals surface area contributed by atoms with Gasteiger partial charge in [0.15, 0.2) is 0 Å². The van der Waals surface area contributed by atoms with Crippen LogP contribution in [-0.2, 0) is 0 Å². The molecule has 0 radical (unpaired) electrons. The molecule has 0 saturated heterocycles. The van der Waals surface area contributed by atoms with E-state index in [0.29, 0.717) is 22.7 Å². The van der Waals surface area contributed by atoms with Gasteiger partial charge in [-0.05, 0) is 111 Å². The lowest BCUT2D eigenvalue weighted by molar-refractivity contribution is -0.0629. The molecular formula is C27H46O. The average Bonchev–Trinajstić information content (AvgIpc) is 3.02. The number of aliphatic hydroxyl groups is 1. The van der Waals surface area contributed by atoms with Crippen LogP contribution in [0, 0.1) is 46.3 Å². The van der Waals surface area contributed by atoms with Gasteiger partial charge in [0.2, 0.25) is 0 Å². The number of hydrogen-bond donors (Lipinski definition) is 1. The van der Waals surface area contributed by atoms with Crippen LogP contribution in [0.1, 0.15) is 105 Å². The maximum atomic E-state index is 11.0. The van der Waals surface area contributed by atoms with E-state index in [1.54, 1.807) is 0 Å². The van der Waals surface area contributed by atoms with Crippen molar-refractivity contribution in [2.24, 2.45) is 46.3 Å². The largest absolute Gasteiger partial charge is 0.393 e. The molecule has 1 nitrogen and oxygen atoms in total. The number of aliphatic hydroxyl groups excluding tert-OH is 1. The van der Waals surface area contributed by atoms with Crippen molar-refractivity contribution in [2.75, 3.05) is 0 Å². The number of allylic oxidation sites excluding steroid dienone is 2. The lowest BCUT2D eigenvalue weighted by Gasteiger charge is -2.58. The van der Waals surface area contributed by atoms with Gasteiger partial charge < -0.3 is 5.11 Å². The molecule has 0 unspecified atom stereocenters. The molecule has 1 heteroatoms. The summed E-state index contributed by atoms with van der Waals surface area (Å²) < 4.78 is 0. The molecule has 0 heterocycles. The topological polar surface area (TPSA) is 20.2 Å². The van der Waals surface area contributed by atoms with E-state index in [-0.39, 0.29) is 6.10 Å². The molecule has 0 aliphatic heterocycles. The highest BCUT2D eigenvalue weighted by atomic mass is 16.3. The summed E-state index contributed by atoms with van der Waals surface area (Å²) >= 11 is 0. The molecule has 3 fully saturated rings. The summed E-state index contributed by atoms with van der Waals surface area (Å²) in [4.78, 5) is 0. The Labute approximate surface area is 174 Å². The van der Waals surface area contributed by atoms with Gasteiger partial charge in [0.1, 0.15) is 0 Å². The molecule has 160 valence electrons. The van der Waals surface area contributed by atoms with Gasteiger partial charge in [-0.2, -0.15) is 0 Å². The van der Waals surface area contributed by atoms with Gasteiger partial charge in [-0.1, -0.05) is 52.7 Å². The fourth-order valence-corrected chi connectivity index (χ4v) is 8.64. The van der Waals surface area contributed by atoms with E-state index in [1.165, 1.54) is 57.8 Å². The second-order valence-electron chi connectivity index (χ2n) is 12.1. The SMILES string of the molecule is CC(C)CC[C@H](O)[C@@H](C)[C@H]1CC[C@H]2[C@@H]3CC=C4CCCC[C@]4(C)[C@H]3CC[C@]12C. The maximum Gasteiger partial charge on any atom is 0.0568 e. The van der Waals surface area contributed by atoms with Crippen molar-refractivity contribution in [3.05, 3.63) is 11.6 Å². The third-order valence-corrected chi connectivity index (χ3v) is 10.4. The van der Waals surface area contributed by atoms with Crippen molar-refractivity contribution in [3.8, 4) is 0 Å². The van der Waals surface area contributed by atoms with Crippen molar-refractivity contribution in [1.82, 2.24) is 0 Å². The first-order chi connectivity index (χ1) is 13.3. The van der Waals surface area contributed by atoms with Crippen LogP contribution in [0.25, 0.3) is 0 Å². The quantitative estimate of drug-likeness (QED) is 0.488. The van der Waals surface area contributed by atoms with E-state index in [4.69, 9.17) is 0 Å². The highest BCUT2D eigenvalue weighted by Gasteiger charge is 2.59. The maximum absolute atomic E-state index is 11.0. The predicted molar refractivity (Wildman–Crippen MR) is 119 cm³/mol. The van der Waals surface area contributed by atoms with Crippen LogP contribution >= 0.6 is 0 Å². The Morgan fingerprint density at radius 3 is 2.54 bits per heavy atom. The van der Waals surface area contributed by atoms with Gasteiger partial charge in [0, 0.05) is 0 Å². The minimum Gasteiger partial charge on any atom is -0.393 e. The molecule has 1 N–H and O–H groups in total. The molecule has 4 aliphatic carbocycles. The Bertz CT molecular complexity index is 591. The van der Waals surface area contributed by atoms with Gasteiger partial charge in [-0.25, -0.2) is 0 Å². The molecule has 3 saturated carbocycles. The highest BCUT2D eigenvalue weighted by molar-refractivity contribution is 5.24. The van der Waals surface area contributed by atoms with Crippen LogP contribution in [0.15, 0.2) is 11.6 Å². The third kappa shape index (κ3) is 3.32. The summed E-state index contributed by atoms with van der Waals surface area (Å²) in [5, 5.41) is 11.0. The molecule has 0 aromatic carbocycles. The molecule has 0 spiro atoms. The van der Waals surface area contributed by atoms with Gasteiger partial charge in [0.05, 0.1) is 6.10 Å². The second kappa shape index (κ2) is 7.75. The summed E-state index contributed by atoms with van der Waals surface area (Å²) in [6.07, 6.45) is 17.4. The van der Waals surface area contributed by atoms with Crippen molar-refractivity contribution in [3.63, 3.8) is 0 Å². The normalized spacial score (nSPS) is 45.0. The van der Waals surface area contributed by atoms with E-state index in [2.05, 4.69) is 40.7 Å². The molecule has 0 aromatic heterocycles. The molecular weight excluding hydrogens is 340 g/mol. The second-order valence-corrected chi connectivity index (χ2v) is 12.1. The third-order valence-electron chi connectivity index (χ3n) is 10.4. The molecule has 8 atom stereocenters. The number of rotatable bonds is 5. The van der Waals surface area contributed by atoms with E-state index in [9.17, 15) is 5.11 Å². The number of fused-ring (bicyclic) bond motifs is 5. The molecule has 4 rings (SSSR count). The van der Waals surface area contributed by atoms with Crippen molar-refractivity contribution >= 4 is 0 Å². The molecule has 4 aliphatic rings. The Balaban J connectivity index is 1.51. The lowest BCUT2D eigenvalue weighted by atomic mass is 9.47. The monoisotopic (exact) mass is 386 g/mol. The number of hydrogen-bond acceptors (Lipinski definition) is 1. The Hall–Kier alpha value is -0.300. The zero-order chi connectivity index (χ0) is 20.1. The smallest absolute Gasteiger partial charge is 0.0568 e. The first-order valence-corrected chi connectivity index (χ1v) is 12.6.